The number of carbonyl (C=O) groups excluding carboxylic acids is 1. The Morgan fingerprint density at radius 2 is 2.06 bits per heavy atom. The van der Waals surface area contributed by atoms with Crippen LogP contribution in [0.25, 0.3) is 0 Å². The van der Waals surface area contributed by atoms with Gasteiger partial charge in [-0.25, -0.2) is 0 Å². The number of esters is 1. The van der Waals surface area contributed by atoms with Gasteiger partial charge in [-0.05, 0) is 6.42 Å². The van der Waals surface area contributed by atoms with Crippen LogP contribution in [0.4, 0.5) is 0 Å². The standard InChI is InChI=1S/C7H15N5O4/c1-16-6(13)4(8)2-3-5(12(14)15)11-7(9)10/h4-5H,2-3,8H2,1H3,(H4,9,10,11)/t4-,5+/m0/s1. The van der Waals surface area contributed by atoms with Crippen molar-refractivity contribution >= 4 is 11.9 Å². The first-order valence-corrected chi connectivity index (χ1v) is 4.44. The molecule has 0 radical (unpaired) electrons. The van der Waals surface area contributed by atoms with Crippen molar-refractivity contribution in [3.63, 3.8) is 0 Å². The molecule has 9 heteroatoms. The highest BCUT2D eigenvalue weighted by atomic mass is 16.6. The molecule has 0 saturated carbocycles. The third kappa shape index (κ3) is 5.10. The molecule has 0 heterocycles. The molecule has 0 unspecified atom stereocenters. The number of rotatable bonds is 6. The van der Waals surface area contributed by atoms with Gasteiger partial charge in [-0.3, -0.25) is 14.9 Å². The Kier molecular flexibility index (Phi) is 5.78. The largest absolute Gasteiger partial charge is 0.468 e. The summed E-state index contributed by atoms with van der Waals surface area (Å²) in [5.74, 6) is -1.01. The highest BCUT2D eigenvalue weighted by Crippen LogP contribution is 2.05. The second kappa shape index (κ2) is 6.56. The van der Waals surface area contributed by atoms with E-state index < -0.39 is 23.1 Å². The molecule has 0 saturated heterocycles. The molecule has 0 fully saturated rings. The fourth-order valence-corrected chi connectivity index (χ4v) is 0.987. The number of nitro groups is 1. The number of carbonyl (C=O) groups is 1. The number of hydrogen-bond donors (Lipinski definition) is 3. The van der Waals surface area contributed by atoms with Gasteiger partial charge in [0.25, 0.3) is 0 Å². The molecular weight excluding hydrogens is 218 g/mol. The molecular formula is C7H15N5O4. The topological polar surface area (TPSA) is 160 Å². The molecule has 0 aromatic heterocycles. The summed E-state index contributed by atoms with van der Waals surface area (Å²) < 4.78 is 4.37. The van der Waals surface area contributed by atoms with Gasteiger partial charge < -0.3 is 21.9 Å². The summed E-state index contributed by atoms with van der Waals surface area (Å²) in [5, 5.41) is 10.5. The van der Waals surface area contributed by atoms with Crippen LogP contribution in [-0.2, 0) is 9.53 Å². The molecule has 9 nitrogen and oxygen atoms in total. The van der Waals surface area contributed by atoms with Gasteiger partial charge in [-0.2, -0.15) is 4.99 Å². The quantitative estimate of drug-likeness (QED) is 0.159. The first kappa shape index (κ1) is 14.1. The lowest BCUT2D eigenvalue weighted by Crippen LogP contribution is -2.34. The fraction of sp³-hybridized carbons (Fsp3) is 0.714. The molecule has 2 atom stereocenters. The van der Waals surface area contributed by atoms with Crippen molar-refractivity contribution in [3.8, 4) is 0 Å². The van der Waals surface area contributed by atoms with E-state index in [0.29, 0.717) is 0 Å². The Balaban J connectivity index is 4.28. The van der Waals surface area contributed by atoms with Crippen LogP contribution in [0, 0.1) is 10.1 Å². The van der Waals surface area contributed by atoms with Crippen molar-refractivity contribution in [1.29, 1.82) is 0 Å². The average Bonchev–Trinajstić information content (AvgIpc) is 2.21. The lowest BCUT2D eigenvalue weighted by atomic mass is 10.1. The second-order valence-electron chi connectivity index (χ2n) is 3.03. The first-order valence-electron chi connectivity index (χ1n) is 4.44. The Bertz CT molecular complexity index is 289. The van der Waals surface area contributed by atoms with E-state index >= 15 is 0 Å². The molecule has 0 aliphatic heterocycles. The van der Waals surface area contributed by atoms with Crippen LogP contribution in [0.5, 0.6) is 0 Å². The zero-order valence-corrected chi connectivity index (χ0v) is 8.83. The monoisotopic (exact) mass is 233 g/mol. The van der Waals surface area contributed by atoms with Crippen molar-refractivity contribution in [3.05, 3.63) is 10.1 Å². The third-order valence-electron chi connectivity index (χ3n) is 1.78. The van der Waals surface area contributed by atoms with Crippen LogP contribution in [0.15, 0.2) is 4.99 Å². The molecule has 0 spiro atoms. The highest BCUT2D eigenvalue weighted by Gasteiger charge is 2.22. The summed E-state index contributed by atoms with van der Waals surface area (Å²) >= 11 is 0. The van der Waals surface area contributed by atoms with E-state index in [1.807, 2.05) is 0 Å². The Labute approximate surface area is 91.8 Å². The van der Waals surface area contributed by atoms with Crippen LogP contribution < -0.4 is 17.2 Å². The molecule has 0 bridgehead atoms. The Morgan fingerprint density at radius 1 is 1.50 bits per heavy atom. The highest BCUT2D eigenvalue weighted by molar-refractivity contribution is 5.76. The van der Waals surface area contributed by atoms with E-state index in [4.69, 9.17) is 17.2 Å². The number of nitrogens with two attached hydrogens (primary N) is 3. The number of guanidine groups is 1. The lowest BCUT2D eigenvalue weighted by molar-refractivity contribution is -0.521. The molecule has 0 aliphatic carbocycles. The maximum atomic E-state index is 10.9. The van der Waals surface area contributed by atoms with E-state index in [-0.39, 0.29) is 18.8 Å². The van der Waals surface area contributed by atoms with Gasteiger partial charge in [-0.15, -0.1) is 0 Å². The van der Waals surface area contributed by atoms with Gasteiger partial charge in [-0.1, -0.05) is 0 Å². The van der Waals surface area contributed by atoms with Crippen molar-refractivity contribution < 1.29 is 14.5 Å². The maximum Gasteiger partial charge on any atom is 0.322 e. The second-order valence-corrected chi connectivity index (χ2v) is 3.03. The number of hydrogen-bond acceptors (Lipinski definition) is 6. The van der Waals surface area contributed by atoms with Gasteiger partial charge >= 0.3 is 12.1 Å². The van der Waals surface area contributed by atoms with E-state index in [9.17, 15) is 14.9 Å². The number of aliphatic imine (C=N–C) groups is 1. The maximum absolute atomic E-state index is 10.9. The molecule has 92 valence electrons. The number of methoxy groups -OCH3 is 1. The molecule has 0 aromatic carbocycles. The molecule has 16 heavy (non-hydrogen) atoms. The summed E-state index contributed by atoms with van der Waals surface area (Å²) in [5.41, 5.74) is 15.4. The summed E-state index contributed by atoms with van der Waals surface area (Å²) in [7, 11) is 1.18. The Morgan fingerprint density at radius 3 is 2.44 bits per heavy atom. The molecule has 0 aromatic rings. The van der Waals surface area contributed by atoms with Crippen LogP contribution in [0.2, 0.25) is 0 Å². The van der Waals surface area contributed by atoms with Gasteiger partial charge in [0.05, 0.1) is 7.11 Å². The van der Waals surface area contributed by atoms with E-state index in [1.54, 1.807) is 0 Å². The third-order valence-corrected chi connectivity index (χ3v) is 1.78. The zero-order chi connectivity index (χ0) is 12.7. The first-order chi connectivity index (χ1) is 7.38. The molecule has 0 aliphatic rings. The van der Waals surface area contributed by atoms with Gasteiger partial charge in [0, 0.05) is 11.3 Å². The van der Waals surface area contributed by atoms with Crippen molar-refractivity contribution in [1.82, 2.24) is 0 Å². The average molecular weight is 233 g/mol. The SMILES string of the molecule is COC(=O)[C@@H](N)CC[C@H](N=C(N)N)[N+](=O)[O-]. The predicted octanol–water partition coefficient (Wildman–Crippen LogP) is -1.86. The normalized spacial score (nSPS) is 13.6. The van der Waals surface area contributed by atoms with Gasteiger partial charge in [0.15, 0.2) is 5.96 Å². The summed E-state index contributed by atoms with van der Waals surface area (Å²) in [6.07, 6.45) is -1.27. The minimum atomic E-state index is -1.29. The minimum Gasteiger partial charge on any atom is -0.468 e. The van der Waals surface area contributed by atoms with Gasteiger partial charge in [0.1, 0.15) is 6.04 Å². The van der Waals surface area contributed by atoms with E-state index in [1.165, 1.54) is 7.11 Å². The van der Waals surface area contributed by atoms with Crippen molar-refractivity contribution in [2.45, 2.75) is 25.0 Å². The fourth-order valence-electron chi connectivity index (χ4n) is 0.987. The van der Waals surface area contributed by atoms with Crippen LogP contribution in [-0.4, -0.2) is 36.2 Å². The van der Waals surface area contributed by atoms with Crippen LogP contribution >= 0.6 is 0 Å². The number of ether oxygens (including phenoxy) is 1. The summed E-state index contributed by atoms with van der Waals surface area (Å²) in [6.45, 7) is 0. The lowest BCUT2D eigenvalue weighted by Gasteiger charge is -2.09. The smallest absolute Gasteiger partial charge is 0.322 e. The minimum absolute atomic E-state index is 0.0405. The number of nitrogens with zero attached hydrogens (tertiary/aromatic N) is 2. The van der Waals surface area contributed by atoms with E-state index in [2.05, 4.69) is 9.73 Å². The molecule has 6 N–H and O–H groups in total. The van der Waals surface area contributed by atoms with Crippen molar-refractivity contribution in [2.75, 3.05) is 7.11 Å². The molecule has 0 amide bonds. The van der Waals surface area contributed by atoms with E-state index in [0.717, 1.165) is 0 Å². The Hall–Kier alpha value is -1.90. The zero-order valence-electron chi connectivity index (χ0n) is 8.83. The molecule has 0 rings (SSSR count). The summed E-state index contributed by atoms with van der Waals surface area (Å²) in [4.78, 5) is 24.2. The van der Waals surface area contributed by atoms with Crippen LogP contribution in [0.1, 0.15) is 12.8 Å². The van der Waals surface area contributed by atoms with Crippen LogP contribution in [0.3, 0.4) is 0 Å². The predicted molar refractivity (Wildman–Crippen MR) is 55.8 cm³/mol. The van der Waals surface area contributed by atoms with Crippen molar-refractivity contribution in [2.24, 2.45) is 22.2 Å². The summed E-state index contributed by atoms with van der Waals surface area (Å²) in [6, 6.07) is -0.915. The van der Waals surface area contributed by atoms with Gasteiger partial charge in [0.2, 0.25) is 0 Å².